The van der Waals surface area contributed by atoms with Gasteiger partial charge in [-0.2, -0.15) is 0 Å². The number of hydrogen-bond donors (Lipinski definition) is 1. The lowest BCUT2D eigenvalue weighted by molar-refractivity contribution is -0.149. The molecule has 0 aromatic rings. The van der Waals surface area contributed by atoms with E-state index < -0.39 is 5.54 Å². The van der Waals surface area contributed by atoms with Crippen molar-refractivity contribution in [3.63, 3.8) is 0 Å². The molecule has 0 bridgehead atoms. The van der Waals surface area contributed by atoms with E-state index in [2.05, 4.69) is 12.2 Å². The highest BCUT2D eigenvalue weighted by atomic mass is 16.2. The highest BCUT2D eigenvalue weighted by Crippen LogP contribution is 2.33. The summed E-state index contributed by atoms with van der Waals surface area (Å²) in [6.45, 7) is 3.20. The molecule has 1 saturated carbocycles. The minimum Gasteiger partial charge on any atom is -0.340 e. The first kappa shape index (κ1) is 14.4. The number of hydrogen-bond acceptors (Lipinski definition) is 2. The summed E-state index contributed by atoms with van der Waals surface area (Å²) in [7, 11) is 0. The molecule has 108 valence electrons. The summed E-state index contributed by atoms with van der Waals surface area (Å²) in [5.74, 6) is 0.190. The third-order valence-electron chi connectivity index (χ3n) is 4.40. The summed E-state index contributed by atoms with van der Waals surface area (Å²) in [6, 6.07) is 0. The van der Waals surface area contributed by atoms with Gasteiger partial charge in [0.05, 0.1) is 6.54 Å². The maximum atomic E-state index is 12.5. The van der Waals surface area contributed by atoms with E-state index in [4.69, 9.17) is 0 Å². The van der Waals surface area contributed by atoms with Crippen LogP contribution >= 0.6 is 0 Å². The van der Waals surface area contributed by atoms with Crippen molar-refractivity contribution >= 4 is 11.8 Å². The van der Waals surface area contributed by atoms with E-state index in [9.17, 15) is 9.59 Å². The lowest BCUT2D eigenvalue weighted by atomic mass is 9.93. The fraction of sp³-hybridized carbons (Fsp3) is 0.867. The Hall–Kier alpha value is -1.06. The van der Waals surface area contributed by atoms with Crippen molar-refractivity contribution in [3.05, 3.63) is 0 Å². The van der Waals surface area contributed by atoms with Gasteiger partial charge in [0.1, 0.15) is 5.54 Å². The number of nitrogens with one attached hydrogen (secondary N) is 1. The van der Waals surface area contributed by atoms with Gasteiger partial charge >= 0.3 is 0 Å². The Balaban J connectivity index is 1.85. The van der Waals surface area contributed by atoms with Gasteiger partial charge in [0.15, 0.2) is 0 Å². The molecule has 2 rings (SSSR count). The minimum atomic E-state index is -0.543. The first-order chi connectivity index (χ1) is 9.18. The van der Waals surface area contributed by atoms with E-state index in [1.807, 2.05) is 0 Å². The van der Waals surface area contributed by atoms with Gasteiger partial charge in [0.2, 0.25) is 11.8 Å². The smallest absolute Gasteiger partial charge is 0.248 e. The molecular formula is C15H26N2O2. The average molecular weight is 266 g/mol. The fourth-order valence-corrected chi connectivity index (χ4v) is 3.31. The molecule has 2 aliphatic rings. The van der Waals surface area contributed by atoms with Crippen molar-refractivity contribution in [1.82, 2.24) is 10.2 Å². The molecular weight excluding hydrogens is 240 g/mol. The van der Waals surface area contributed by atoms with Gasteiger partial charge in [0, 0.05) is 6.54 Å². The predicted molar refractivity (Wildman–Crippen MR) is 74.7 cm³/mol. The number of amides is 2. The van der Waals surface area contributed by atoms with Crippen molar-refractivity contribution in [3.8, 4) is 0 Å². The number of carbonyl (C=O) groups excluding carboxylic acids is 2. The molecule has 1 aliphatic heterocycles. The van der Waals surface area contributed by atoms with Crippen molar-refractivity contribution < 1.29 is 9.59 Å². The molecule has 0 aromatic carbocycles. The van der Waals surface area contributed by atoms with Crippen molar-refractivity contribution in [2.45, 2.75) is 70.3 Å². The van der Waals surface area contributed by atoms with Crippen molar-refractivity contribution in [2.24, 2.45) is 0 Å². The van der Waals surface area contributed by atoms with Gasteiger partial charge in [-0.15, -0.1) is 0 Å². The Morgan fingerprint density at radius 2 is 1.79 bits per heavy atom. The lowest BCUT2D eigenvalue weighted by Gasteiger charge is -2.39. The van der Waals surface area contributed by atoms with Gasteiger partial charge in [0.25, 0.3) is 0 Å². The van der Waals surface area contributed by atoms with Crippen LogP contribution in [0.1, 0.15) is 64.7 Å². The van der Waals surface area contributed by atoms with Crippen LogP contribution in [0, 0.1) is 0 Å². The highest BCUT2D eigenvalue weighted by molar-refractivity contribution is 5.98. The molecule has 1 spiro atoms. The Labute approximate surface area is 115 Å². The van der Waals surface area contributed by atoms with E-state index in [1.54, 1.807) is 4.90 Å². The molecule has 2 fully saturated rings. The number of piperazine rings is 1. The summed E-state index contributed by atoms with van der Waals surface area (Å²) in [5.41, 5.74) is -0.543. The van der Waals surface area contributed by atoms with Gasteiger partial charge in [-0.3, -0.25) is 9.59 Å². The number of rotatable bonds is 6. The van der Waals surface area contributed by atoms with Gasteiger partial charge in [-0.1, -0.05) is 45.4 Å². The Morgan fingerprint density at radius 3 is 2.47 bits per heavy atom. The van der Waals surface area contributed by atoms with Crippen LogP contribution in [0.15, 0.2) is 0 Å². The Morgan fingerprint density at radius 1 is 1.11 bits per heavy atom. The summed E-state index contributed by atoms with van der Waals surface area (Å²) in [4.78, 5) is 26.1. The number of nitrogens with zero attached hydrogens (tertiary/aromatic N) is 1. The average Bonchev–Trinajstić information content (AvgIpc) is 2.84. The standard InChI is InChI=1S/C15H26N2O2/c1-2-3-4-5-8-11-17-12-13(18)16-15(14(17)19)9-6-7-10-15/h2-12H2,1H3,(H,16,18). The molecule has 2 amide bonds. The summed E-state index contributed by atoms with van der Waals surface area (Å²) in [6.07, 6.45) is 9.66. The molecule has 19 heavy (non-hydrogen) atoms. The topological polar surface area (TPSA) is 49.4 Å². The second-order valence-electron chi connectivity index (χ2n) is 5.98. The predicted octanol–water partition coefficient (Wildman–Crippen LogP) is 2.23. The molecule has 1 aliphatic carbocycles. The first-order valence-corrected chi connectivity index (χ1v) is 7.78. The van der Waals surface area contributed by atoms with Crippen molar-refractivity contribution in [1.29, 1.82) is 0 Å². The van der Waals surface area contributed by atoms with E-state index in [-0.39, 0.29) is 18.4 Å². The quantitative estimate of drug-likeness (QED) is 0.749. The van der Waals surface area contributed by atoms with Crippen LogP contribution in [-0.2, 0) is 9.59 Å². The zero-order valence-electron chi connectivity index (χ0n) is 12.0. The van der Waals surface area contributed by atoms with E-state index in [0.717, 1.165) is 45.1 Å². The van der Waals surface area contributed by atoms with Crippen LogP contribution in [0.2, 0.25) is 0 Å². The van der Waals surface area contributed by atoms with Gasteiger partial charge in [-0.05, 0) is 19.3 Å². The third-order valence-corrected chi connectivity index (χ3v) is 4.40. The second kappa shape index (κ2) is 6.40. The van der Waals surface area contributed by atoms with Crippen molar-refractivity contribution in [2.75, 3.05) is 13.1 Å². The Kier molecular flexibility index (Phi) is 4.83. The fourth-order valence-electron chi connectivity index (χ4n) is 3.31. The van der Waals surface area contributed by atoms with Crippen LogP contribution in [0.4, 0.5) is 0 Å². The normalized spacial score (nSPS) is 22.1. The van der Waals surface area contributed by atoms with E-state index in [1.165, 1.54) is 19.3 Å². The summed E-state index contributed by atoms with van der Waals surface area (Å²) < 4.78 is 0. The second-order valence-corrected chi connectivity index (χ2v) is 5.98. The van der Waals surface area contributed by atoms with E-state index in [0.29, 0.717) is 0 Å². The molecule has 4 heteroatoms. The van der Waals surface area contributed by atoms with Crippen LogP contribution < -0.4 is 5.32 Å². The maximum Gasteiger partial charge on any atom is 0.248 e. The molecule has 0 radical (unpaired) electrons. The highest BCUT2D eigenvalue weighted by Gasteiger charge is 2.47. The molecule has 0 atom stereocenters. The molecule has 1 saturated heterocycles. The largest absolute Gasteiger partial charge is 0.340 e. The number of unbranched alkanes of at least 4 members (excludes halogenated alkanes) is 4. The van der Waals surface area contributed by atoms with Crippen LogP contribution in [0.3, 0.4) is 0 Å². The zero-order chi connectivity index (χ0) is 13.7. The van der Waals surface area contributed by atoms with Gasteiger partial charge in [-0.25, -0.2) is 0 Å². The SMILES string of the molecule is CCCCCCCN1CC(=O)NC2(CCCC2)C1=O. The van der Waals surface area contributed by atoms with Crippen LogP contribution in [0.5, 0.6) is 0 Å². The first-order valence-electron chi connectivity index (χ1n) is 7.78. The maximum absolute atomic E-state index is 12.5. The Bertz CT molecular complexity index is 335. The third kappa shape index (κ3) is 3.28. The lowest BCUT2D eigenvalue weighted by Crippen LogP contribution is -2.65. The minimum absolute atomic E-state index is 0.0232. The monoisotopic (exact) mass is 266 g/mol. The number of carbonyl (C=O) groups is 2. The molecule has 0 aromatic heterocycles. The summed E-state index contributed by atoms with van der Waals surface area (Å²) >= 11 is 0. The van der Waals surface area contributed by atoms with E-state index >= 15 is 0 Å². The molecule has 0 unspecified atom stereocenters. The van der Waals surface area contributed by atoms with Crippen LogP contribution in [0.25, 0.3) is 0 Å². The van der Waals surface area contributed by atoms with Crippen LogP contribution in [-0.4, -0.2) is 35.3 Å². The summed E-state index contributed by atoms with van der Waals surface area (Å²) in [5, 5.41) is 2.95. The van der Waals surface area contributed by atoms with Gasteiger partial charge < -0.3 is 10.2 Å². The molecule has 1 N–H and O–H groups in total. The zero-order valence-corrected chi connectivity index (χ0v) is 12.0. The molecule has 4 nitrogen and oxygen atoms in total. The molecule has 1 heterocycles.